The molecule has 3 heterocycles. The molecule has 0 amide bonds. The van der Waals surface area contributed by atoms with Gasteiger partial charge in [-0.25, -0.2) is 0 Å². The van der Waals surface area contributed by atoms with Crippen LogP contribution in [0.3, 0.4) is 0 Å². The normalized spacial score (nSPS) is 14.9. The highest BCUT2D eigenvalue weighted by molar-refractivity contribution is 6.02. The molecule has 0 fully saturated rings. The van der Waals surface area contributed by atoms with Crippen LogP contribution < -0.4 is 5.32 Å². The van der Waals surface area contributed by atoms with Crippen molar-refractivity contribution in [2.24, 2.45) is 0 Å². The van der Waals surface area contributed by atoms with Crippen LogP contribution in [-0.4, -0.2) is 20.1 Å². The summed E-state index contributed by atoms with van der Waals surface area (Å²) in [6.45, 7) is 3.87. The number of nitrogens with zero attached hydrogens (tertiary/aromatic N) is 3. The Morgan fingerprint density at radius 2 is 1.87 bits per heavy atom. The minimum absolute atomic E-state index is 0.0664. The number of aryl methyl sites for hydroxylation is 1. The monoisotopic (exact) mass is 410 g/mol. The van der Waals surface area contributed by atoms with E-state index in [1.54, 1.807) is 0 Å². The molecule has 0 saturated carbocycles. The number of benzene rings is 2. The molecule has 5 nitrogen and oxygen atoms in total. The molecule has 1 aliphatic rings. The molecule has 0 radical (unpaired) electrons. The van der Waals surface area contributed by atoms with Gasteiger partial charge in [-0.1, -0.05) is 55.8 Å². The van der Waals surface area contributed by atoms with Crippen LogP contribution in [0.5, 0.6) is 0 Å². The predicted octanol–water partition coefficient (Wildman–Crippen LogP) is 5.55. The van der Waals surface area contributed by atoms with Gasteiger partial charge in [-0.15, -0.1) is 0 Å². The molecule has 1 aliphatic heterocycles. The maximum absolute atomic E-state index is 13.5. The number of fused-ring (bicyclic) bond motifs is 2. The van der Waals surface area contributed by atoms with Gasteiger partial charge in [0, 0.05) is 48.0 Å². The number of aromatic nitrogens is 3. The van der Waals surface area contributed by atoms with Gasteiger partial charge in [-0.2, -0.15) is 5.10 Å². The molecule has 5 heteroatoms. The maximum Gasteiger partial charge on any atom is 0.191 e. The number of carbonyl (C=O) groups excluding carboxylic acids is 1. The van der Waals surface area contributed by atoms with E-state index in [2.05, 4.69) is 28.0 Å². The van der Waals surface area contributed by atoms with Crippen molar-refractivity contribution in [3.05, 3.63) is 95.9 Å². The van der Waals surface area contributed by atoms with Crippen LogP contribution in [0.15, 0.2) is 79.1 Å². The number of rotatable bonds is 6. The Labute approximate surface area is 182 Å². The lowest BCUT2D eigenvalue weighted by atomic mass is 9.99. The number of nitrogens with one attached hydrogen (secondary N) is 1. The first-order valence-electron chi connectivity index (χ1n) is 10.9. The number of carbonyl (C=O) groups is 1. The molecule has 1 atom stereocenters. The molecule has 0 spiro atoms. The Balaban J connectivity index is 1.41. The first-order valence-corrected chi connectivity index (χ1v) is 10.9. The van der Waals surface area contributed by atoms with Gasteiger partial charge in [-0.05, 0) is 36.2 Å². The lowest BCUT2D eigenvalue weighted by Gasteiger charge is -2.18. The zero-order chi connectivity index (χ0) is 21.2. The van der Waals surface area contributed by atoms with E-state index < -0.39 is 6.04 Å². The van der Waals surface area contributed by atoms with Gasteiger partial charge in [0.25, 0.3) is 0 Å². The van der Waals surface area contributed by atoms with Crippen LogP contribution in [0.1, 0.15) is 47.4 Å². The van der Waals surface area contributed by atoms with Crippen LogP contribution in [-0.2, 0) is 13.1 Å². The highest BCUT2D eigenvalue weighted by Gasteiger charge is 2.27. The molecule has 4 aromatic rings. The molecule has 2 aromatic carbocycles. The van der Waals surface area contributed by atoms with E-state index in [-0.39, 0.29) is 5.78 Å². The Hall–Kier alpha value is -3.60. The van der Waals surface area contributed by atoms with Crippen molar-refractivity contribution in [2.45, 2.75) is 38.9 Å². The predicted molar refractivity (Wildman–Crippen MR) is 123 cm³/mol. The summed E-state index contributed by atoms with van der Waals surface area (Å²) in [5, 5.41) is 8.14. The summed E-state index contributed by atoms with van der Waals surface area (Å²) in [5.74, 6) is 0.0664. The van der Waals surface area contributed by atoms with Crippen LogP contribution >= 0.6 is 0 Å². The highest BCUT2D eigenvalue weighted by atomic mass is 16.1. The lowest BCUT2D eigenvalue weighted by Crippen LogP contribution is -2.22. The van der Waals surface area contributed by atoms with E-state index >= 15 is 0 Å². The first-order chi connectivity index (χ1) is 15.2. The summed E-state index contributed by atoms with van der Waals surface area (Å²) in [4.78, 5) is 13.5. The number of hydrogen-bond donors (Lipinski definition) is 1. The van der Waals surface area contributed by atoms with Gasteiger partial charge in [-0.3, -0.25) is 9.48 Å². The second-order valence-electron chi connectivity index (χ2n) is 8.05. The molecule has 5 rings (SSSR count). The Bertz CT molecular complexity index is 1200. The van der Waals surface area contributed by atoms with Crippen molar-refractivity contribution in [2.75, 3.05) is 5.32 Å². The molecule has 0 saturated heterocycles. The molecule has 156 valence electrons. The summed E-state index contributed by atoms with van der Waals surface area (Å²) in [6, 6.07) is 21.6. The van der Waals surface area contributed by atoms with E-state index in [1.807, 2.05) is 77.7 Å². The third-order valence-electron chi connectivity index (χ3n) is 5.93. The van der Waals surface area contributed by atoms with Crippen LogP contribution in [0.25, 0.3) is 11.3 Å². The molecule has 1 N–H and O–H groups in total. The van der Waals surface area contributed by atoms with Crippen molar-refractivity contribution >= 4 is 11.5 Å². The molecular weight excluding hydrogens is 384 g/mol. The van der Waals surface area contributed by atoms with E-state index in [0.717, 1.165) is 48.6 Å². The van der Waals surface area contributed by atoms with E-state index in [1.165, 1.54) is 5.56 Å². The molecule has 0 bridgehead atoms. The van der Waals surface area contributed by atoms with Crippen LogP contribution in [0.2, 0.25) is 0 Å². The first kappa shape index (κ1) is 19.4. The molecule has 2 aromatic heterocycles. The largest absolute Gasteiger partial charge is 0.370 e. The molecule has 31 heavy (non-hydrogen) atoms. The quantitative estimate of drug-likeness (QED) is 0.424. The molecular formula is C26H26N4O. The zero-order valence-corrected chi connectivity index (χ0v) is 17.7. The fourth-order valence-corrected chi connectivity index (χ4v) is 4.18. The molecule has 0 aliphatic carbocycles. The minimum Gasteiger partial charge on any atom is -0.370 e. The third kappa shape index (κ3) is 3.79. The standard InChI is InChI=1S/C26H26N4O/c1-2-3-16-30-17-14-23(28-30)19-10-12-20(13-11-19)26(31)25-24-9-6-15-29(24)18-21-7-4-5-8-22(21)27-25/h4-15,17,25,27H,2-3,16,18H2,1H3. The van der Waals surface area contributed by atoms with Gasteiger partial charge < -0.3 is 9.88 Å². The van der Waals surface area contributed by atoms with Crippen molar-refractivity contribution < 1.29 is 4.79 Å². The Morgan fingerprint density at radius 1 is 1.03 bits per heavy atom. The maximum atomic E-state index is 13.5. The highest BCUT2D eigenvalue weighted by Crippen LogP contribution is 2.31. The number of unbranched alkanes of at least 4 members (excludes halogenated alkanes) is 1. The Morgan fingerprint density at radius 3 is 2.71 bits per heavy atom. The topological polar surface area (TPSA) is 51.9 Å². The lowest BCUT2D eigenvalue weighted by molar-refractivity contribution is 0.0967. The number of ketones is 1. The minimum atomic E-state index is -0.419. The van der Waals surface area contributed by atoms with Gasteiger partial charge >= 0.3 is 0 Å². The SMILES string of the molecule is CCCCn1ccc(-c2ccc(C(=O)C3Nc4ccccc4Cn4cccc43)cc2)n1. The summed E-state index contributed by atoms with van der Waals surface area (Å²) in [7, 11) is 0. The summed E-state index contributed by atoms with van der Waals surface area (Å²) >= 11 is 0. The summed E-state index contributed by atoms with van der Waals surface area (Å²) in [5.41, 5.74) is 5.83. The summed E-state index contributed by atoms with van der Waals surface area (Å²) < 4.78 is 4.14. The number of Topliss-reactive ketones (excluding diaryl/α,β-unsaturated/α-hetero) is 1. The van der Waals surface area contributed by atoms with Crippen LogP contribution in [0.4, 0.5) is 5.69 Å². The van der Waals surface area contributed by atoms with Crippen molar-refractivity contribution in [3.63, 3.8) is 0 Å². The fraction of sp³-hybridized carbons (Fsp3) is 0.231. The summed E-state index contributed by atoms with van der Waals surface area (Å²) in [6.07, 6.45) is 6.32. The average molecular weight is 411 g/mol. The van der Waals surface area contributed by atoms with Crippen molar-refractivity contribution in [1.29, 1.82) is 0 Å². The molecule has 1 unspecified atom stereocenters. The van der Waals surface area contributed by atoms with Gasteiger partial charge in [0.15, 0.2) is 5.78 Å². The van der Waals surface area contributed by atoms with Gasteiger partial charge in [0.2, 0.25) is 0 Å². The second-order valence-corrected chi connectivity index (χ2v) is 8.05. The van der Waals surface area contributed by atoms with E-state index in [4.69, 9.17) is 0 Å². The van der Waals surface area contributed by atoms with Gasteiger partial charge in [0.1, 0.15) is 6.04 Å². The third-order valence-corrected chi connectivity index (χ3v) is 5.93. The second kappa shape index (κ2) is 8.26. The number of hydrogen-bond acceptors (Lipinski definition) is 3. The van der Waals surface area contributed by atoms with Crippen molar-refractivity contribution in [3.8, 4) is 11.3 Å². The fourth-order valence-electron chi connectivity index (χ4n) is 4.18. The average Bonchev–Trinajstić information content (AvgIpc) is 3.44. The van der Waals surface area contributed by atoms with Crippen LogP contribution in [0, 0.1) is 0 Å². The Kier molecular flexibility index (Phi) is 5.16. The van der Waals surface area contributed by atoms with E-state index in [0.29, 0.717) is 5.56 Å². The smallest absolute Gasteiger partial charge is 0.191 e. The number of anilines is 1. The number of para-hydroxylation sites is 1. The van der Waals surface area contributed by atoms with Gasteiger partial charge in [0.05, 0.1) is 5.69 Å². The van der Waals surface area contributed by atoms with Crippen molar-refractivity contribution in [1.82, 2.24) is 14.3 Å². The van der Waals surface area contributed by atoms with E-state index in [9.17, 15) is 4.79 Å². The zero-order valence-electron chi connectivity index (χ0n) is 17.7.